The van der Waals surface area contributed by atoms with E-state index in [1.54, 1.807) is 24.1 Å². The van der Waals surface area contributed by atoms with Gasteiger partial charge in [0.1, 0.15) is 5.75 Å². The van der Waals surface area contributed by atoms with Gasteiger partial charge in [-0.1, -0.05) is 18.2 Å². The van der Waals surface area contributed by atoms with Crippen LogP contribution < -0.4 is 9.64 Å². The van der Waals surface area contributed by atoms with Crippen LogP contribution >= 0.6 is 0 Å². The van der Waals surface area contributed by atoms with Crippen LogP contribution in [0.4, 0.5) is 5.69 Å². The van der Waals surface area contributed by atoms with Crippen molar-refractivity contribution in [3.8, 4) is 5.75 Å². The van der Waals surface area contributed by atoms with Crippen LogP contribution in [0.2, 0.25) is 0 Å². The Bertz CT molecular complexity index is 636. The maximum absolute atomic E-state index is 12.5. The zero-order chi connectivity index (χ0) is 16.1. The van der Waals surface area contributed by atoms with E-state index >= 15 is 0 Å². The van der Waals surface area contributed by atoms with Gasteiger partial charge in [-0.3, -0.25) is 4.79 Å². The van der Waals surface area contributed by atoms with E-state index in [4.69, 9.17) is 4.74 Å². The summed E-state index contributed by atoms with van der Waals surface area (Å²) in [5.74, 6) is 0.671. The third-order valence-corrected chi connectivity index (χ3v) is 3.54. The molecule has 1 amide bonds. The van der Waals surface area contributed by atoms with E-state index < -0.39 is 0 Å². The number of anilines is 1. The van der Waals surface area contributed by atoms with E-state index in [1.807, 2.05) is 45.4 Å². The van der Waals surface area contributed by atoms with Gasteiger partial charge in [-0.15, -0.1) is 0 Å². The average molecular weight is 298 g/mol. The highest BCUT2D eigenvalue weighted by atomic mass is 16.5. The number of amides is 1. The number of hydrogen-bond donors (Lipinski definition) is 0. The van der Waals surface area contributed by atoms with Crippen molar-refractivity contribution < 1.29 is 9.53 Å². The first kappa shape index (κ1) is 15.9. The standard InChI is InChI=1S/C18H22N2O2/c1-19(2)16-10-8-14(9-11-16)13-20(3)18(21)15-6-5-7-17(12-15)22-4/h5-12H,13H2,1-4H3. The molecule has 0 aliphatic carbocycles. The molecule has 0 atom stereocenters. The summed E-state index contributed by atoms with van der Waals surface area (Å²) >= 11 is 0. The second-order valence-corrected chi connectivity index (χ2v) is 5.45. The van der Waals surface area contributed by atoms with Gasteiger partial charge in [-0.05, 0) is 35.9 Å². The molecule has 4 nitrogen and oxygen atoms in total. The van der Waals surface area contributed by atoms with Gasteiger partial charge in [0, 0.05) is 38.9 Å². The molecule has 2 aromatic rings. The van der Waals surface area contributed by atoms with Crippen molar-refractivity contribution in [3.63, 3.8) is 0 Å². The summed E-state index contributed by atoms with van der Waals surface area (Å²) in [6.07, 6.45) is 0. The van der Waals surface area contributed by atoms with Crippen molar-refractivity contribution in [2.24, 2.45) is 0 Å². The molecule has 0 fully saturated rings. The molecule has 0 saturated heterocycles. The summed E-state index contributed by atoms with van der Waals surface area (Å²) in [5, 5.41) is 0. The Morgan fingerprint density at radius 1 is 1.05 bits per heavy atom. The number of ether oxygens (including phenoxy) is 1. The summed E-state index contributed by atoms with van der Waals surface area (Å²) < 4.78 is 5.16. The highest BCUT2D eigenvalue weighted by Gasteiger charge is 2.12. The normalized spacial score (nSPS) is 10.2. The van der Waals surface area contributed by atoms with E-state index in [0.29, 0.717) is 17.9 Å². The molecule has 0 aliphatic heterocycles. The number of nitrogens with zero attached hydrogens (tertiary/aromatic N) is 2. The lowest BCUT2D eigenvalue weighted by molar-refractivity contribution is 0.0784. The van der Waals surface area contributed by atoms with Crippen molar-refractivity contribution in [2.75, 3.05) is 33.2 Å². The summed E-state index contributed by atoms with van der Waals surface area (Å²) in [7, 11) is 7.42. The van der Waals surface area contributed by atoms with Crippen LogP contribution in [0.15, 0.2) is 48.5 Å². The molecule has 0 bridgehead atoms. The summed E-state index contributed by atoms with van der Waals surface area (Å²) in [6.45, 7) is 0.573. The van der Waals surface area contributed by atoms with Crippen molar-refractivity contribution in [1.29, 1.82) is 0 Å². The van der Waals surface area contributed by atoms with Gasteiger partial charge in [0.05, 0.1) is 7.11 Å². The number of carbonyl (C=O) groups excluding carboxylic acids is 1. The lowest BCUT2D eigenvalue weighted by atomic mass is 10.1. The number of hydrogen-bond acceptors (Lipinski definition) is 3. The number of methoxy groups -OCH3 is 1. The fourth-order valence-corrected chi connectivity index (χ4v) is 2.22. The summed E-state index contributed by atoms with van der Waals surface area (Å²) in [4.78, 5) is 16.2. The minimum Gasteiger partial charge on any atom is -0.497 e. The van der Waals surface area contributed by atoms with Gasteiger partial charge >= 0.3 is 0 Å². The molecule has 0 heterocycles. The lowest BCUT2D eigenvalue weighted by Crippen LogP contribution is -2.26. The van der Waals surface area contributed by atoms with Crippen LogP contribution in [0.1, 0.15) is 15.9 Å². The van der Waals surface area contributed by atoms with Gasteiger partial charge in [-0.25, -0.2) is 0 Å². The molecule has 0 aliphatic rings. The van der Waals surface area contributed by atoms with Crippen LogP contribution in [0.3, 0.4) is 0 Å². The third kappa shape index (κ3) is 3.79. The highest BCUT2D eigenvalue weighted by molar-refractivity contribution is 5.94. The van der Waals surface area contributed by atoms with Gasteiger partial charge in [0.2, 0.25) is 0 Å². The molecule has 22 heavy (non-hydrogen) atoms. The Morgan fingerprint density at radius 3 is 2.32 bits per heavy atom. The van der Waals surface area contributed by atoms with E-state index in [0.717, 1.165) is 11.3 Å². The van der Waals surface area contributed by atoms with Crippen molar-refractivity contribution in [1.82, 2.24) is 4.90 Å². The Labute approximate surface area is 131 Å². The lowest BCUT2D eigenvalue weighted by Gasteiger charge is -2.19. The van der Waals surface area contributed by atoms with E-state index in [1.165, 1.54) is 0 Å². The number of carbonyl (C=O) groups is 1. The van der Waals surface area contributed by atoms with Crippen molar-refractivity contribution >= 4 is 11.6 Å². The fraction of sp³-hybridized carbons (Fsp3) is 0.278. The Hall–Kier alpha value is -2.49. The largest absolute Gasteiger partial charge is 0.497 e. The molecule has 0 aromatic heterocycles. The second-order valence-electron chi connectivity index (χ2n) is 5.45. The van der Waals surface area contributed by atoms with Crippen LogP contribution in [-0.2, 0) is 6.54 Å². The zero-order valence-corrected chi connectivity index (χ0v) is 13.5. The van der Waals surface area contributed by atoms with Crippen molar-refractivity contribution in [2.45, 2.75) is 6.54 Å². The fourth-order valence-electron chi connectivity index (χ4n) is 2.22. The van der Waals surface area contributed by atoms with Crippen LogP contribution in [0.5, 0.6) is 5.75 Å². The second kappa shape index (κ2) is 6.98. The third-order valence-electron chi connectivity index (χ3n) is 3.54. The van der Waals surface area contributed by atoms with Crippen LogP contribution in [0, 0.1) is 0 Å². The molecule has 2 rings (SSSR count). The zero-order valence-electron chi connectivity index (χ0n) is 13.5. The first-order valence-corrected chi connectivity index (χ1v) is 7.17. The first-order chi connectivity index (χ1) is 10.5. The Balaban J connectivity index is 2.07. The molecular formula is C18H22N2O2. The predicted molar refractivity (Wildman–Crippen MR) is 89.6 cm³/mol. The molecule has 0 unspecified atom stereocenters. The first-order valence-electron chi connectivity index (χ1n) is 7.17. The monoisotopic (exact) mass is 298 g/mol. The average Bonchev–Trinajstić information content (AvgIpc) is 2.54. The quantitative estimate of drug-likeness (QED) is 0.850. The van der Waals surface area contributed by atoms with E-state index in [9.17, 15) is 4.79 Å². The van der Waals surface area contributed by atoms with Crippen LogP contribution in [-0.4, -0.2) is 39.1 Å². The number of rotatable bonds is 5. The van der Waals surface area contributed by atoms with E-state index in [-0.39, 0.29) is 5.91 Å². The number of benzene rings is 2. The van der Waals surface area contributed by atoms with Gasteiger partial charge in [0.15, 0.2) is 0 Å². The molecule has 0 N–H and O–H groups in total. The molecule has 0 spiro atoms. The Kier molecular flexibility index (Phi) is 5.04. The molecule has 0 radical (unpaired) electrons. The Morgan fingerprint density at radius 2 is 1.73 bits per heavy atom. The summed E-state index contributed by atoms with van der Waals surface area (Å²) in [6, 6.07) is 15.4. The van der Waals surface area contributed by atoms with Gasteiger partial charge < -0.3 is 14.5 Å². The SMILES string of the molecule is COc1cccc(C(=O)N(C)Cc2ccc(N(C)C)cc2)c1. The van der Waals surface area contributed by atoms with Gasteiger partial charge in [-0.2, -0.15) is 0 Å². The van der Waals surface area contributed by atoms with Gasteiger partial charge in [0.25, 0.3) is 5.91 Å². The molecular weight excluding hydrogens is 276 g/mol. The highest BCUT2D eigenvalue weighted by Crippen LogP contribution is 2.16. The predicted octanol–water partition coefficient (Wildman–Crippen LogP) is 3.03. The summed E-state index contributed by atoms with van der Waals surface area (Å²) in [5.41, 5.74) is 2.88. The molecule has 116 valence electrons. The molecule has 0 saturated carbocycles. The minimum absolute atomic E-state index is 0.0180. The van der Waals surface area contributed by atoms with Crippen molar-refractivity contribution in [3.05, 3.63) is 59.7 Å². The molecule has 2 aromatic carbocycles. The maximum Gasteiger partial charge on any atom is 0.254 e. The van der Waals surface area contributed by atoms with E-state index in [2.05, 4.69) is 17.0 Å². The van der Waals surface area contributed by atoms with Crippen LogP contribution in [0.25, 0.3) is 0 Å². The topological polar surface area (TPSA) is 32.8 Å². The molecule has 4 heteroatoms. The smallest absolute Gasteiger partial charge is 0.254 e. The maximum atomic E-state index is 12.5. The minimum atomic E-state index is -0.0180.